The molecule has 0 heterocycles. The summed E-state index contributed by atoms with van der Waals surface area (Å²) in [5.41, 5.74) is 1.83. The van der Waals surface area contributed by atoms with Crippen molar-refractivity contribution in [2.45, 2.75) is 40.0 Å². The van der Waals surface area contributed by atoms with Crippen molar-refractivity contribution in [3.05, 3.63) is 23.8 Å². The fourth-order valence-corrected chi connectivity index (χ4v) is 2.92. The van der Waals surface area contributed by atoms with Gasteiger partial charge in [0.1, 0.15) is 0 Å². The summed E-state index contributed by atoms with van der Waals surface area (Å²) in [4.78, 5) is 11.1. The summed E-state index contributed by atoms with van der Waals surface area (Å²) in [6.07, 6.45) is 9.27. The van der Waals surface area contributed by atoms with E-state index in [9.17, 15) is 4.79 Å². The molecule has 0 aromatic heterocycles. The standard InChI is InChI=1S/C14H20O/c1-10-4-9-13(14(10,2)3)11-5-7-12(15)8-6-11/h4-5,7,11,13H,6,8-9H2,1-3H3. The molecule has 0 saturated heterocycles. The Labute approximate surface area is 92.3 Å². The third-order valence-corrected chi connectivity index (χ3v) is 4.39. The molecule has 0 N–H and O–H groups in total. The van der Waals surface area contributed by atoms with E-state index in [0.717, 1.165) is 12.8 Å². The molecule has 1 heteroatoms. The van der Waals surface area contributed by atoms with E-state index >= 15 is 0 Å². The molecule has 0 bridgehead atoms. The fraction of sp³-hybridized carbons (Fsp3) is 0.643. The van der Waals surface area contributed by atoms with E-state index in [1.54, 1.807) is 6.08 Å². The highest BCUT2D eigenvalue weighted by atomic mass is 16.1. The van der Waals surface area contributed by atoms with Crippen molar-refractivity contribution in [1.82, 2.24) is 0 Å². The van der Waals surface area contributed by atoms with Gasteiger partial charge in [-0.1, -0.05) is 31.6 Å². The molecule has 15 heavy (non-hydrogen) atoms. The van der Waals surface area contributed by atoms with Gasteiger partial charge >= 0.3 is 0 Å². The molecule has 82 valence electrons. The van der Waals surface area contributed by atoms with Gasteiger partial charge in [-0.05, 0) is 43.1 Å². The summed E-state index contributed by atoms with van der Waals surface area (Å²) in [5.74, 6) is 1.60. The third kappa shape index (κ3) is 1.80. The summed E-state index contributed by atoms with van der Waals surface area (Å²) < 4.78 is 0. The van der Waals surface area contributed by atoms with Crippen molar-refractivity contribution in [2.75, 3.05) is 0 Å². The van der Waals surface area contributed by atoms with Crippen molar-refractivity contribution in [1.29, 1.82) is 0 Å². The van der Waals surface area contributed by atoms with Crippen LogP contribution in [0.1, 0.15) is 40.0 Å². The maximum atomic E-state index is 11.1. The number of allylic oxidation sites excluding steroid dienone is 4. The highest BCUT2D eigenvalue weighted by molar-refractivity contribution is 5.90. The lowest BCUT2D eigenvalue weighted by molar-refractivity contribution is -0.115. The van der Waals surface area contributed by atoms with Crippen LogP contribution in [0.25, 0.3) is 0 Å². The third-order valence-electron chi connectivity index (χ3n) is 4.39. The first-order chi connectivity index (χ1) is 7.01. The molecule has 0 amide bonds. The Kier molecular flexibility index (Phi) is 2.57. The molecule has 0 spiro atoms. The molecule has 2 unspecified atom stereocenters. The Morgan fingerprint density at radius 1 is 1.40 bits per heavy atom. The predicted octanol–water partition coefficient (Wildman–Crippen LogP) is 3.51. The van der Waals surface area contributed by atoms with Crippen molar-refractivity contribution in [2.24, 2.45) is 17.3 Å². The van der Waals surface area contributed by atoms with Gasteiger partial charge in [-0.2, -0.15) is 0 Å². The Hall–Kier alpha value is -0.850. The molecule has 2 atom stereocenters. The van der Waals surface area contributed by atoms with Gasteiger partial charge in [0.2, 0.25) is 0 Å². The van der Waals surface area contributed by atoms with Crippen LogP contribution >= 0.6 is 0 Å². The van der Waals surface area contributed by atoms with Gasteiger partial charge < -0.3 is 0 Å². The smallest absolute Gasteiger partial charge is 0.155 e. The Morgan fingerprint density at radius 2 is 2.13 bits per heavy atom. The van der Waals surface area contributed by atoms with Gasteiger partial charge in [0.05, 0.1) is 0 Å². The van der Waals surface area contributed by atoms with Crippen LogP contribution < -0.4 is 0 Å². The zero-order chi connectivity index (χ0) is 11.1. The largest absolute Gasteiger partial charge is 0.295 e. The average molecular weight is 204 g/mol. The van der Waals surface area contributed by atoms with E-state index in [4.69, 9.17) is 0 Å². The molecule has 1 nitrogen and oxygen atoms in total. The lowest BCUT2D eigenvalue weighted by atomic mass is 9.69. The number of ketones is 1. The second-order valence-corrected chi connectivity index (χ2v) is 5.48. The summed E-state index contributed by atoms with van der Waals surface area (Å²) >= 11 is 0. The predicted molar refractivity (Wildman–Crippen MR) is 62.5 cm³/mol. The van der Waals surface area contributed by atoms with E-state index in [0.29, 0.717) is 23.0 Å². The maximum Gasteiger partial charge on any atom is 0.155 e. The van der Waals surface area contributed by atoms with Crippen molar-refractivity contribution < 1.29 is 4.79 Å². The van der Waals surface area contributed by atoms with E-state index in [-0.39, 0.29) is 0 Å². The minimum atomic E-state index is 0.298. The van der Waals surface area contributed by atoms with Crippen LogP contribution in [0.2, 0.25) is 0 Å². The molecule has 0 fully saturated rings. The number of hydrogen-bond acceptors (Lipinski definition) is 1. The number of rotatable bonds is 1. The van der Waals surface area contributed by atoms with Crippen LogP contribution in [0.3, 0.4) is 0 Å². The minimum Gasteiger partial charge on any atom is -0.295 e. The summed E-state index contributed by atoms with van der Waals surface area (Å²) in [6, 6.07) is 0. The molecule has 0 radical (unpaired) electrons. The van der Waals surface area contributed by atoms with Crippen molar-refractivity contribution in [3.63, 3.8) is 0 Å². The van der Waals surface area contributed by atoms with Gasteiger partial charge in [0.15, 0.2) is 5.78 Å². The number of carbonyl (C=O) groups excluding carboxylic acids is 1. The van der Waals surface area contributed by atoms with Crippen LogP contribution in [-0.2, 0) is 4.79 Å². The molecule has 2 aliphatic rings. The zero-order valence-corrected chi connectivity index (χ0v) is 9.92. The van der Waals surface area contributed by atoms with Gasteiger partial charge in [-0.3, -0.25) is 4.79 Å². The highest BCUT2D eigenvalue weighted by Gasteiger charge is 2.39. The van der Waals surface area contributed by atoms with E-state index in [1.165, 1.54) is 12.0 Å². The Bertz CT molecular complexity index is 333. The second kappa shape index (κ2) is 3.62. The average Bonchev–Trinajstić information content (AvgIpc) is 2.44. The molecular weight excluding hydrogens is 184 g/mol. The second-order valence-electron chi connectivity index (χ2n) is 5.48. The zero-order valence-electron chi connectivity index (χ0n) is 9.92. The topological polar surface area (TPSA) is 17.1 Å². The Morgan fingerprint density at radius 3 is 2.60 bits per heavy atom. The van der Waals surface area contributed by atoms with Crippen LogP contribution in [0.15, 0.2) is 23.8 Å². The van der Waals surface area contributed by atoms with E-state index < -0.39 is 0 Å². The van der Waals surface area contributed by atoms with Crippen LogP contribution in [-0.4, -0.2) is 5.78 Å². The maximum absolute atomic E-state index is 11.1. The molecule has 0 aromatic rings. The van der Waals surface area contributed by atoms with E-state index in [2.05, 4.69) is 32.9 Å². The summed E-state index contributed by atoms with van der Waals surface area (Å²) in [7, 11) is 0. The molecule has 2 rings (SSSR count). The SMILES string of the molecule is CC1=CCC(C2C=CC(=O)CC2)C1(C)C. The first kappa shape index (κ1) is 10.7. The lowest BCUT2D eigenvalue weighted by Crippen LogP contribution is -2.28. The lowest BCUT2D eigenvalue weighted by Gasteiger charge is -2.35. The minimum absolute atomic E-state index is 0.298. The number of carbonyl (C=O) groups is 1. The monoisotopic (exact) mass is 204 g/mol. The number of hydrogen-bond donors (Lipinski definition) is 0. The summed E-state index contributed by atoms with van der Waals surface area (Å²) in [5, 5.41) is 0. The quantitative estimate of drug-likeness (QED) is 0.597. The van der Waals surface area contributed by atoms with Crippen molar-refractivity contribution >= 4 is 5.78 Å². The highest BCUT2D eigenvalue weighted by Crippen LogP contribution is 2.48. The van der Waals surface area contributed by atoms with Crippen LogP contribution in [0.5, 0.6) is 0 Å². The van der Waals surface area contributed by atoms with Gasteiger partial charge in [-0.25, -0.2) is 0 Å². The molecular formula is C14H20O. The van der Waals surface area contributed by atoms with Crippen LogP contribution in [0, 0.1) is 17.3 Å². The van der Waals surface area contributed by atoms with Crippen LogP contribution in [0.4, 0.5) is 0 Å². The molecule has 0 aromatic carbocycles. The normalized spacial score (nSPS) is 34.3. The van der Waals surface area contributed by atoms with Crippen molar-refractivity contribution in [3.8, 4) is 0 Å². The van der Waals surface area contributed by atoms with Gasteiger partial charge in [0.25, 0.3) is 0 Å². The first-order valence-electron chi connectivity index (χ1n) is 5.90. The Balaban J connectivity index is 2.14. The first-order valence-corrected chi connectivity index (χ1v) is 5.90. The molecule has 2 aliphatic carbocycles. The molecule has 0 saturated carbocycles. The summed E-state index contributed by atoms with van der Waals surface area (Å²) in [6.45, 7) is 6.90. The fourth-order valence-electron chi connectivity index (χ4n) is 2.92. The van der Waals surface area contributed by atoms with E-state index in [1.807, 2.05) is 0 Å². The van der Waals surface area contributed by atoms with Gasteiger partial charge in [-0.15, -0.1) is 0 Å². The molecule has 0 aliphatic heterocycles. The van der Waals surface area contributed by atoms with Gasteiger partial charge in [0, 0.05) is 6.42 Å².